The Labute approximate surface area is 182 Å². The lowest BCUT2D eigenvalue weighted by molar-refractivity contribution is 0.112. The molecule has 2 heterocycles. The lowest BCUT2D eigenvalue weighted by atomic mass is 10.0. The van der Waals surface area contributed by atoms with Gasteiger partial charge in [0, 0.05) is 51.9 Å². The lowest BCUT2D eigenvalue weighted by Crippen LogP contribution is -2.46. The number of carbonyl (C=O) groups excluding carboxylic acids is 1. The smallest absolute Gasteiger partial charge is 0.292 e. The van der Waals surface area contributed by atoms with Crippen LogP contribution >= 0.6 is 0 Å². The summed E-state index contributed by atoms with van der Waals surface area (Å²) in [5.41, 5.74) is 9.98. The molecule has 0 amide bonds. The number of nitrogens with zero attached hydrogens (tertiary/aromatic N) is 5. The molecule has 0 unspecified atom stereocenters. The van der Waals surface area contributed by atoms with Crippen LogP contribution < -0.4 is 5.73 Å². The molecule has 0 aliphatic carbocycles. The number of carbonyl (C=O) groups is 1. The summed E-state index contributed by atoms with van der Waals surface area (Å²) in [6.07, 6.45) is 2.63. The van der Waals surface area contributed by atoms with E-state index in [1.807, 2.05) is 43.4 Å². The van der Waals surface area contributed by atoms with Gasteiger partial charge in [0.1, 0.15) is 5.52 Å². The van der Waals surface area contributed by atoms with Crippen molar-refractivity contribution >= 4 is 35.4 Å². The van der Waals surface area contributed by atoms with Gasteiger partial charge in [-0.3, -0.25) is 9.69 Å². The van der Waals surface area contributed by atoms with Gasteiger partial charge in [-0.15, -0.1) is 0 Å². The maximum absolute atomic E-state index is 11.7. The number of hydrogen-bond acceptors (Lipinski definition) is 7. The van der Waals surface area contributed by atoms with E-state index < -0.39 is 0 Å². The number of oxazole rings is 1. The Hall–Kier alpha value is -3.23. The van der Waals surface area contributed by atoms with Crippen LogP contribution in [0.3, 0.4) is 0 Å². The molecule has 2 aromatic carbocycles. The van der Waals surface area contributed by atoms with Crippen LogP contribution in [0.2, 0.25) is 0 Å². The molecule has 1 fully saturated rings. The van der Waals surface area contributed by atoms with Crippen molar-refractivity contribution in [3.05, 3.63) is 42.0 Å². The Morgan fingerprint density at radius 2 is 1.90 bits per heavy atom. The number of hydrogen-bond donors (Lipinski definition) is 1. The Balaban J connectivity index is 1.43. The van der Waals surface area contributed by atoms with Crippen LogP contribution in [0.15, 0.2) is 45.8 Å². The number of benzene rings is 2. The molecule has 1 aliphatic heterocycles. The second-order valence-electron chi connectivity index (χ2n) is 8.00. The van der Waals surface area contributed by atoms with Crippen molar-refractivity contribution in [1.82, 2.24) is 19.7 Å². The molecule has 0 atom stereocenters. The number of nitrogens with two attached hydrogens (primary N) is 1. The maximum atomic E-state index is 11.7. The normalized spacial score (nSPS) is 15.7. The number of likely N-dealkylation sites (N-methyl/N-ethyl adjacent to an activating group) is 2. The van der Waals surface area contributed by atoms with Gasteiger partial charge in [0.05, 0.1) is 12.0 Å². The number of fused-ring (bicyclic) bond motifs is 1. The fraction of sp³-hybridized carbons (Fsp3) is 0.348. The van der Waals surface area contributed by atoms with Crippen molar-refractivity contribution in [3.63, 3.8) is 0 Å². The molecule has 8 heteroatoms. The third kappa shape index (κ3) is 5.10. The van der Waals surface area contributed by atoms with Crippen molar-refractivity contribution < 1.29 is 9.21 Å². The van der Waals surface area contributed by atoms with Crippen LogP contribution in [0.5, 0.6) is 0 Å². The Kier molecular flexibility index (Phi) is 6.29. The average Bonchev–Trinajstić information content (AvgIpc) is 3.16. The summed E-state index contributed by atoms with van der Waals surface area (Å²) < 4.78 is 5.32. The lowest BCUT2D eigenvalue weighted by Gasteiger charge is -2.33. The molecular weight excluding hydrogens is 392 g/mol. The van der Waals surface area contributed by atoms with Crippen LogP contribution in [-0.4, -0.2) is 85.7 Å². The topological polar surface area (TPSA) is 91.2 Å². The van der Waals surface area contributed by atoms with Crippen molar-refractivity contribution in [2.24, 2.45) is 4.99 Å². The van der Waals surface area contributed by atoms with Gasteiger partial charge in [0.25, 0.3) is 6.01 Å². The van der Waals surface area contributed by atoms with E-state index in [4.69, 9.17) is 10.2 Å². The zero-order chi connectivity index (χ0) is 21.8. The predicted octanol–water partition coefficient (Wildman–Crippen LogP) is 2.73. The molecule has 8 nitrogen and oxygen atoms in total. The highest BCUT2D eigenvalue weighted by atomic mass is 16.4. The highest BCUT2D eigenvalue weighted by Crippen LogP contribution is 2.29. The fourth-order valence-electron chi connectivity index (χ4n) is 3.66. The summed E-state index contributed by atoms with van der Waals surface area (Å²) >= 11 is 0. The molecule has 4 rings (SSSR count). The highest BCUT2D eigenvalue weighted by molar-refractivity contribution is 5.88. The van der Waals surface area contributed by atoms with Gasteiger partial charge in [0.15, 0.2) is 11.9 Å². The zero-order valence-corrected chi connectivity index (χ0v) is 18.0. The van der Waals surface area contributed by atoms with Gasteiger partial charge in [-0.25, -0.2) is 4.99 Å². The summed E-state index contributed by atoms with van der Waals surface area (Å²) in [6, 6.07) is 11.5. The molecule has 162 valence electrons. The maximum Gasteiger partial charge on any atom is 0.292 e. The van der Waals surface area contributed by atoms with E-state index in [0.717, 1.165) is 56.7 Å². The van der Waals surface area contributed by atoms with Crippen LogP contribution in [0.4, 0.5) is 11.7 Å². The van der Waals surface area contributed by atoms with Crippen molar-refractivity contribution in [2.75, 3.05) is 59.1 Å². The van der Waals surface area contributed by atoms with E-state index in [0.29, 0.717) is 22.4 Å². The predicted molar refractivity (Wildman–Crippen MR) is 124 cm³/mol. The molecule has 2 N–H and O–H groups in total. The second kappa shape index (κ2) is 9.28. The number of aldehydes is 1. The van der Waals surface area contributed by atoms with Gasteiger partial charge >= 0.3 is 0 Å². The molecule has 1 saturated heterocycles. The fourth-order valence-corrected chi connectivity index (χ4v) is 3.66. The minimum atomic E-state index is 0.141. The minimum Gasteiger partial charge on any atom is -0.424 e. The van der Waals surface area contributed by atoms with Crippen LogP contribution in [-0.2, 0) is 0 Å². The van der Waals surface area contributed by atoms with Gasteiger partial charge in [-0.1, -0.05) is 12.1 Å². The number of aliphatic imine (C=N–C) groups is 1. The molecule has 0 saturated carbocycles. The van der Waals surface area contributed by atoms with Gasteiger partial charge in [0.2, 0.25) is 0 Å². The van der Waals surface area contributed by atoms with Crippen molar-refractivity contribution in [2.45, 2.75) is 0 Å². The third-order valence-electron chi connectivity index (χ3n) is 5.65. The first kappa shape index (κ1) is 21.0. The summed E-state index contributed by atoms with van der Waals surface area (Å²) in [7, 11) is 4.17. The first-order chi connectivity index (χ1) is 15.0. The monoisotopic (exact) mass is 420 g/mol. The van der Waals surface area contributed by atoms with E-state index in [2.05, 4.69) is 31.7 Å². The summed E-state index contributed by atoms with van der Waals surface area (Å²) in [4.78, 5) is 27.3. The Morgan fingerprint density at radius 1 is 1.16 bits per heavy atom. The SMILES string of the molecule is CN(C=Nc1ccc(-c2ccc3oc(N)nc3c2)cc1C=O)CCN1CCN(C)CC1. The van der Waals surface area contributed by atoms with Gasteiger partial charge in [-0.05, 0) is 42.4 Å². The van der Waals surface area contributed by atoms with E-state index in [1.165, 1.54) is 0 Å². The molecule has 0 spiro atoms. The Morgan fingerprint density at radius 3 is 2.68 bits per heavy atom. The molecule has 0 radical (unpaired) electrons. The highest BCUT2D eigenvalue weighted by Gasteiger charge is 2.13. The van der Waals surface area contributed by atoms with E-state index in [1.54, 1.807) is 6.34 Å². The Bertz CT molecular complexity index is 1080. The number of anilines is 1. The van der Waals surface area contributed by atoms with Crippen LogP contribution in [0, 0.1) is 0 Å². The summed E-state index contributed by atoms with van der Waals surface area (Å²) in [6.45, 7) is 6.33. The molecule has 1 aliphatic rings. The zero-order valence-electron chi connectivity index (χ0n) is 18.0. The van der Waals surface area contributed by atoms with Crippen LogP contribution in [0.25, 0.3) is 22.2 Å². The first-order valence-corrected chi connectivity index (χ1v) is 10.4. The molecular formula is C23H28N6O2. The quantitative estimate of drug-likeness (QED) is 0.357. The van der Waals surface area contributed by atoms with Crippen molar-refractivity contribution in [3.8, 4) is 11.1 Å². The molecule has 3 aromatic rings. The van der Waals surface area contributed by atoms with Crippen LogP contribution in [0.1, 0.15) is 10.4 Å². The van der Waals surface area contributed by atoms with E-state index in [9.17, 15) is 4.79 Å². The average molecular weight is 421 g/mol. The number of piperazine rings is 1. The number of nitrogen functional groups attached to an aromatic ring is 1. The molecule has 31 heavy (non-hydrogen) atoms. The summed E-state index contributed by atoms with van der Waals surface area (Å²) in [5, 5.41) is 0. The molecule has 0 bridgehead atoms. The summed E-state index contributed by atoms with van der Waals surface area (Å²) in [5.74, 6) is 0. The van der Waals surface area contributed by atoms with Gasteiger partial charge in [-0.2, -0.15) is 4.98 Å². The van der Waals surface area contributed by atoms with Crippen molar-refractivity contribution in [1.29, 1.82) is 0 Å². The second-order valence-corrected chi connectivity index (χ2v) is 8.00. The van der Waals surface area contributed by atoms with E-state index >= 15 is 0 Å². The standard InChI is InChI=1S/C23H28N6O2/c1-27-7-10-29(11-8-27)12-9-28(2)16-25-20-5-3-17(13-19(20)15-30)18-4-6-22-21(14-18)26-23(24)31-22/h3-6,13-16H,7-12H2,1-2H3,(H2,24,26). The largest absolute Gasteiger partial charge is 0.424 e. The minimum absolute atomic E-state index is 0.141. The van der Waals surface area contributed by atoms with E-state index in [-0.39, 0.29) is 6.01 Å². The number of rotatable bonds is 7. The third-order valence-corrected chi connectivity index (χ3v) is 5.65. The number of aromatic nitrogens is 1. The van der Waals surface area contributed by atoms with Gasteiger partial charge < -0.3 is 20.0 Å². The first-order valence-electron chi connectivity index (χ1n) is 10.4. The molecule has 1 aromatic heterocycles.